The number of aliphatic carboxylic acids is 1. The zero-order valence-corrected chi connectivity index (χ0v) is 13.7. The number of likely N-dealkylation sites (tertiary alicyclic amines) is 1. The number of rotatable bonds is 7. The zero-order chi connectivity index (χ0) is 16.7. The molecule has 1 aliphatic rings. The average molecular weight is 319 g/mol. The van der Waals surface area contributed by atoms with Gasteiger partial charge in [-0.3, -0.25) is 9.59 Å². The molecule has 1 atom stereocenters. The van der Waals surface area contributed by atoms with Crippen LogP contribution in [0.4, 0.5) is 0 Å². The van der Waals surface area contributed by atoms with Gasteiger partial charge in [-0.05, 0) is 43.4 Å². The SMILES string of the molecule is CCCOc1ccc(CCC(=O)N2CCCC(C(=O)O)C2)cc1. The van der Waals surface area contributed by atoms with Crippen LogP contribution in [-0.4, -0.2) is 41.6 Å². The Morgan fingerprint density at radius 1 is 1.30 bits per heavy atom. The van der Waals surface area contributed by atoms with E-state index in [9.17, 15) is 9.59 Å². The number of hydrogen-bond acceptors (Lipinski definition) is 3. The van der Waals surface area contributed by atoms with E-state index in [1.165, 1.54) is 0 Å². The Morgan fingerprint density at radius 3 is 2.70 bits per heavy atom. The summed E-state index contributed by atoms with van der Waals surface area (Å²) in [5.41, 5.74) is 1.09. The summed E-state index contributed by atoms with van der Waals surface area (Å²) in [5, 5.41) is 9.08. The highest BCUT2D eigenvalue weighted by atomic mass is 16.5. The highest BCUT2D eigenvalue weighted by Crippen LogP contribution is 2.18. The first kappa shape index (κ1) is 17.3. The van der Waals surface area contributed by atoms with Crippen LogP contribution in [0.1, 0.15) is 38.2 Å². The minimum absolute atomic E-state index is 0.0438. The number of piperidine rings is 1. The predicted octanol–water partition coefficient (Wildman–Crippen LogP) is 2.73. The second-order valence-corrected chi connectivity index (χ2v) is 6.01. The van der Waals surface area contributed by atoms with E-state index in [1.54, 1.807) is 4.90 Å². The van der Waals surface area contributed by atoms with Crippen LogP contribution in [0.25, 0.3) is 0 Å². The largest absolute Gasteiger partial charge is 0.494 e. The summed E-state index contributed by atoms with van der Waals surface area (Å²) < 4.78 is 5.53. The third-order valence-corrected chi connectivity index (χ3v) is 4.15. The highest BCUT2D eigenvalue weighted by molar-refractivity contribution is 5.78. The van der Waals surface area contributed by atoms with Crippen LogP contribution >= 0.6 is 0 Å². The Morgan fingerprint density at radius 2 is 2.04 bits per heavy atom. The monoisotopic (exact) mass is 319 g/mol. The smallest absolute Gasteiger partial charge is 0.308 e. The molecule has 0 bridgehead atoms. The van der Waals surface area contributed by atoms with Crippen molar-refractivity contribution in [2.24, 2.45) is 5.92 Å². The number of carbonyl (C=O) groups excluding carboxylic acids is 1. The van der Waals surface area contributed by atoms with Crippen molar-refractivity contribution in [3.8, 4) is 5.75 Å². The maximum Gasteiger partial charge on any atom is 0.308 e. The summed E-state index contributed by atoms with van der Waals surface area (Å²) >= 11 is 0. The van der Waals surface area contributed by atoms with Gasteiger partial charge < -0.3 is 14.7 Å². The van der Waals surface area contributed by atoms with Gasteiger partial charge in [0.25, 0.3) is 0 Å². The fourth-order valence-corrected chi connectivity index (χ4v) is 2.79. The number of aryl methyl sites for hydroxylation is 1. The van der Waals surface area contributed by atoms with Crippen molar-refractivity contribution in [3.63, 3.8) is 0 Å². The van der Waals surface area contributed by atoms with E-state index in [0.717, 1.165) is 24.2 Å². The molecule has 0 aromatic heterocycles. The Balaban J connectivity index is 1.80. The molecular weight excluding hydrogens is 294 g/mol. The van der Waals surface area contributed by atoms with Crippen molar-refractivity contribution in [2.45, 2.75) is 39.0 Å². The Hall–Kier alpha value is -2.04. The second-order valence-electron chi connectivity index (χ2n) is 6.01. The van der Waals surface area contributed by atoms with Gasteiger partial charge in [0.1, 0.15) is 5.75 Å². The average Bonchev–Trinajstić information content (AvgIpc) is 2.58. The molecule has 0 aliphatic carbocycles. The number of amides is 1. The standard InChI is InChI=1S/C18H25NO4/c1-2-12-23-16-8-5-14(6-9-16)7-10-17(20)19-11-3-4-15(13-19)18(21)22/h5-6,8-9,15H,2-4,7,10-13H2,1H3,(H,21,22). The lowest BCUT2D eigenvalue weighted by atomic mass is 9.97. The van der Waals surface area contributed by atoms with Crippen LogP contribution in [0, 0.1) is 5.92 Å². The van der Waals surface area contributed by atoms with Gasteiger partial charge in [0.2, 0.25) is 5.91 Å². The van der Waals surface area contributed by atoms with Crippen LogP contribution in [0.15, 0.2) is 24.3 Å². The highest BCUT2D eigenvalue weighted by Gasteiger charge is 2.27. The fraction of sp³-hybridized carbons (Fsp3) is 0.556. The molecule has 1 heterocycles. The van der Waals surface area contributed by atoms with E-state index in [0.29, 0.717) is 39.0 Å². The van der Waals surface area contributed by atoms with Gasteiger partial charge >= 0.3 is 5.97 Å². The maximum absolute atomic E-state index is 12.3. The van der Waals surface area contributed by atoms with Gasteiger partial charge in [-0.15, -0.1) is 0 Å². The minimum atomic E-state index is -0.801. The number of carboxylic acid groups (broad SMARTS) is 1. The predicted molar refractivity (Wildman–Crippen MR) is 87.5 cm³/mol. The van der Waals surface area contributed by atoms with Gasteiger partial charge in [-0.25, -0.2) is 0 Å². The van der Waals surface area contributed by atoms with Crippen molar-refractivity contribution in [1.82, 2.24) is 4.90 Å². The summed E-state index contributed by atoms with van der Waals surface area (Å²) in [5.74, 6) is -0.322. The molecule has 0 saturated carbocycles. The molecule has 126 valence electrons. The lowest BCUT2D eigenvalue weighted by molar-refractivity contribution is -0.145. The van der Waals surface area contributed by atoms with E-state index in [2.05, 4.69) is 6.92 Å². The molecule has 23 heavy (non-hydrogen) atoms. The maximum atomic E-state index is 12.3. The second kappa shape index (κ2) is 8.56. The fourth-order valence-electron chi connectivity index (χ4n) is 2.79. The van der Waals surface area contributed by atoms with Crippen molar-refractivity contribution in [3.05, 3.63) is 29.8 Å². The lowest BCUT2D eigenvalue weighted by Crippen LogP contribution is -2.42. The van der Waals surface area contributed by atoms with Crippen LogP contribution in [0.5, 0.6) is 5.75 Å². The molecule has 1 unspecified atom stereocenters. The number of carbonyl (C=O) groups is 2. The van der Waals surface area contributed by atoms with Crippen LogP contribution in [-0.2, 0) is 16.0 Å². The number of benzene rings is 1. The van der Waals surface area contributed by atoms with Gasteiger partial charge in [0, 0.05) is 19.5 Å². The molecular formula is C18H25NO4. The molecule has 1 fully saturated rings. The molecule has 1 aromatic carbocycles. The molecule has 1 N–H and O–H groups in total. The van der Waals surface area contributed by atoms with Gasteiger partial charge in [0.05, 0.1) is 12.5 Å². The van der Waals surface area contributed by atoms with E-state index in [4.69, 9.17) is 9.84 Å². The van der Waals surface area contributed by atoms with Gasteiger partial charge in [-0.2, -0.15) is 0 Å². The normalized spacial score (nSPS) is 17.8. The lowest BCUT2D eigenvalue weighted by Gasteiger charge is -2.30. The molecule has 5 nitrogen and oxygen atoms in total. The van der Waals surface area contributed by atoms with E-state index < -0.39 is 11.9 Å². The van der Waals surface area contributed by atoms with Crippen molar-refractivity contribution >= 4 is 11.9 Å². The molecule has 1 aromatic rings. The number of ether oxygens (including phenoxy) is 1. The van der Waals surface area contributed by atoms with Crippen LogP contribution in [0.2, 0.25) is 0 Å². The first-order valence-electron chi connectivity index (χ1n) is 8.32. The number of nitrogens with zero attached hydrogens (tertiary/aromatic N) is 1. The molecule has 0 radical (unpaired) electrons. The van der Waals surface area contributed by atoms with Crippen LogP contribution < -0.4 is 4.74 Å². The summed E-state index contributed by atoms with van der Waals surface area (Å²) in [6, 6.07) is 7.82. The van der Waals surface area contributed by atoms with Crippen molar-refractivity contribution in [2.75, 3.05) is 19.7 Å². The Bertz CT molecular complexity index is 526. The van der Waals surface area contributed by atoms with E-state index in [1.807, 2.05) is 24.3 Å². The van der Waals surface area contributed by atoms with Crippen LogP contribution in [0.3, 0.4) is 0 Å². The summed E-state index contributed by atoms with van der Waals surface area (Å²) in [4.78, 5) is 25.0. The van der Waals surface area contributed by atoms with E-state index in [-0.39, 0.29) is 5.91 Å². The summed E-state index contributed by atoms with van der Waals surface area (Å²) in [7, 11) is 0. The Kier molecular flexibility index (Phi) is 6.44. The number of hydrogen-bond donors (Lipinski definition) is 1. The van der Waals surface area contributed by atoms with Gasteiger partial charge in [-0.1, -0.05) is 19.1 Å². The third-order valence-electron chi connectivity index (χ3n) is 4.15. The third kappa shape index (κ3) is 5.27. The summed E-state index contributed by atoms with van der Waals surface area (Å²) in [6.07, 6.45) is 3.50. The molecule has 0 spiro atoms. The van der Waals surface area contributed by atoms with Crippen molar-refractivity contribution < 1.29 is 19.4 Å². The molecule has 1 saturated heterocycles. The van der Waals surface area contributed by atoms with Gasteiger partial charge in [0.15, 0.2) is 0 Å². The molecule has 2 rings (SSSR count). The summed E-state index contributed by atoms with van der Waals surface area (Å²) in [6.45, 7) is 3.79. The number of carboxylic acids is 1. The minimum Gasteiger partial charge on any atom is -0.494 e. The molecule has 1 aliphatic heterocycles. The zero-order valence-electron chi connectivity index (χ0n) is 13.7. The first-order chi connectivity index (χ1) is 11.1. The first-order valence-corrected chi connectivity index (χ1v) is 8.32. The molecule has 5 heteroatoms. The topological polar surface area (TPSA) is 66.8 Å². The Labute approximate surface area is 137 Å². The quantitative estimate of drug-likeness (QED) is 0.839. The molecule has 1 amide bonds. The van der Waals surface area contributed by atoms with E-state index >= 15 is 0 Å². The van der Waals surface area contributed by atoms with Crippen molar-refractivity contribution in [1.29, 1.82) is 0 Å².